The molecule has 2 aromatic carbocycles. The summed E-state index contributed by atoms with van der Waals surface area (Å²) in [5.74, 6) is -0.601. The molecule has 3 aromatic rings. The minimum atomic E-state index is -0.885. The largest absolute Gasteiger partial charge is 0.449 e. The number of nitrogen functional groups attached to an aromatic ring is 1. The Morgan fingerprint density at radius 3 is 2.57 bits per heavy atom. The molecule has 0 spiro atoms. The Balaban J connectivity index is 1.76. The highest BCUT2D eigenvalue weighted by Crippen LogP contribution is 2.30. The molecule has 0 saturated carbocycles. The van der Waals surface area contributed by atoms with Crippen LogP contribution in [0, 0.1) is 10.1 Å². The number of nitro groups is 1. The van der Waals surface area contributed by atoms with E-state index in [1.807, 2.05) is 0 Å². The Kier molecular flexibility index (Phi) is 5.48. The van der Waals surface area contributed by atoms with Crippen LogP contribution in [0.5, 0.6) is 0 Å². The maximum atomic E-state index is 12.4. The number of hydrogen-bond acceptors (Lipinski definition) is 8. The molecule has 144 valence electrons. The van der Waals surface area contributed by atoms with E-state index in [9.17, 15) is 14.9 Å². The number of benzene rings is 2. The zero-order chi connectivity index (χ0) is 20.4. The molecule has 0 fully saturated rings. The number of hydrogen-bond donors (Lipinski definition) is 1. The van der Waals surface area contributed by atoms with Crippen molar-refractivity contribution in [3.05, 3.63) is 68.0 Å². The van der Waals surface area contributed by atoms with Crippen molar-refractivity contribution < 1.29 is 18.9 Å². The van der Waals surface area contributed by atoms with Gasteiger partial charge in [-0.1, -0.05) is 23.2 Å². The lowest BCUT2D eigenvalue weighted by atomic mass is 10.2. The van der Waals surface area contributed by atoms with E-state index in [1.54, 1.807) is 0 Å². The fraction of sp³-hybridized carbons (Fsp3) is 0.118. The van der Waals surface area contributed by atoms with Gasteiger partial charge in [-0.05, 0) is 31.2 Å². The van der Waals surface area contributed by atoms with E-state index in [-0.39, 0.29) is 38.8 Å². The predicted octanol–water partition coefficient (Wildman–Crippen LogP) is 4.45. The van der Waals surface area contributed by atoms with Crippen LogP contribution in [0.4, 0.5) is 11.4 Å². The van der Waals surface area contributed by atoms with Gasteiger partial charge in [0, 0.05) is 22.7 Å². The van der Waals surface area contributed by atoms with Crippen LogP contribution < -0.4 is 5.73 Å². The lowest BCUT2D eigenvalue weighted by molar-refractivity contribution is -0.384. The molecular formula is C17H12Cl2N4O5. The molecule has 9 nitrogen and oxygen atoms in total. The fourth-order valence-corrected chi connectivity index (χ4v) is 2.76. The summed E-state index contributed by atoms with van der Waals surface area (Å²) in [6.45, 7) is 1.54. The minimum Gasteiger partial charge on any atom is -0.449 e. The van der Waals surface area contributed by atoms with Crippen molar-refractivity contribution >= 4 is 40.5 Å². The Bertz CT molecular complexity index is 1050. The molecule has 0 aliphatic heterocycles. The number of non-ortho nitro benzene ring substituents is 1. The third-order valence-electron chi connectivity index (χ3n) is 3.71. The Morgan fingerprint density at radius 1 is 1.25 bits per heavy atom. The molecule has 0 amide bonds. The third kappa shape index (κ3) is 4.05. The van der Waals surface area contributed by atoms with Gasteiger partial charge >= 0.3 is 5.97 Å². The first-order valence-corrected chi connectivity index (χ1v) is 8.55. The first kappa shape index (κ1) is 19.6. The summed E-state index contributed by atoms with van der Waals surface area (Å²) in [7, 11) is 0. The summed E-state index contributed by atoms with van der Waals surface area (Å²) in [5.41, 5.74) is 6.26. The first-order chi connectivity index (χ1) is 13.3. The monoisotopic (exact) mass is 422 g/mol. The first-order valence-electron chi connectivity index (χ1n) is 7.80. The minimum absolute atomic E-state index is 0.0134. The summed E-state index contributed by atoms with van der Waals surface area (Å²) in [5, 5.41) is 18.8. The van der Waals surface area contributed by atoms with Gasteiger partial charge in [0.2, 0.25) is 5.89 Å². The van der Waals surface area contributed by atoms with Crippen LogP contribution in [0.1, 0.15) is 29.3 Å². The molecule has 1 unspecified atom stereocenters. The molecule has 1 heterocycles. The summed E-state index contributed by atoms with van der Waals surface area (Å²) >= 11 is 11.8. The van der Waals surface area contributed by atoms with E-state index in [2.05, 4.69) is 10.2 Å². The second-order valence-electron chi connectivity index (χ2n) is 5.65. The number of carbonyl (C=O) groups excluding carboxylic acids is 1. The van der Waals surface area contributed by atoms with Crippen molar-refractivity contribution in [2.24, 2.45) is 0 Å². The van der Waals surface area contributed by atoms with Crippen LogP contribution in [0.2, 0.25) is 10.0 Å². The van der Waals surface area contributed by atoms with Crippen LogP contribution >= 0.6 is 23.2 Å². The lowest BCUT2D eigenvalue weighted by Crippen LogP contribution is -2.12. The zero-order valence-electron chi connectivity index (χ0n) is 14.3. The van der Waals surface area contributed by atoms with Gasteiger partial charge in [-0.15, -0.1) is 10.2 Å². The molecule has 3 rings (SSSR count). The standard InChI is InChI=1S/C17H12Cl2N4O5/c1-8(27-17(24)12-6-10(18)7-13(19)14(12)20)15-21-22-16(28-15)9-2-4-11(5-3-9)23(25)26/h2-8H,20H2,1H3. The number of rotatable bonds is 5. The maximum Gasteiger partial charge on any atom is 0.341 e. The van der Waals surface area contributed by atoms with Crippen molar-refractivity contribution in [2.75, 3.05) is 5.73 Å². The number of esters is 1. The van der Waals surface area contributed by atoms with Crippen LogP contribution in [-0.4, -0.2) is 21.1 Å². The summed E-state index contributed by atoms with van der Waals surface area (Å²) in [4.78, 5) is 22.6. The van der Waals surface area contributed by atoms with Gasteiger partial charge in [0.05, 0.1) is 21.2 Å². The molecule has 1 aromatic heterocycles. The van der Waals surface area contributed by atoms with Gasteiger partial charge in [0.1, 0.15) is 0 Å². The molecule has 0 aliphatic rings. The number of anilines is 1. The Labute approximate surface area is 168 Å². The van der Waals surface area contributed by atoms with Crippen molar-refractivity contribution in [1.82, 2.24) is 10.2 Å². The Hall–Kier alpha value is -3.17. The van der Waals surface area contributed by atoms with Crippen LogP contribution in [-0.2, 0) is 4.74 Å². The van der Waals surface area contributed by atoms with E-state index in [0.29, 0.717) is 5.56 Å². The number of carbonyl (C=O) groups is 1. The molecular weight excluding hydrogens is 411 g/mol. The molecule has 0 radical (unpaired) electrons. The smallest absolute Gasteiger partial charge is 0.341 e. The molecule has 11 heteroatoms. The zero-order valence-corrected chi connectivity index (χ0v) is 15.8. The quantitative estimate of drug-likeness (QED) is 0.275. The number of nitro benzene ring substituents is 1. The predicted molar refractivity (Wildman–Crippen MR) is 101 cm³/mol. The molecule has 28 heavy (non-hydrogen) atoms. The van der Waals surface area contributed by atoms with E-state index in [1.165, 1.54) is 43.3 Å². The maximum absolute atomic E-state index is 12.4. The van der Waals surface area contributed by atoms with E-state index < -0.39 is 17.0 Å². The van der Waals surface area contributed by atoms with Crippen molar-refractivity contribution in [2.45, 2.75) is 13.0 Å². The second-order valence-corrected chi connectivity index (χ2v) is 6.49. The van der Waals surface area contributed by atoms with Gasteiger partial charge in [-0.25, -0.2) is 4.79 Å². The number of ether oxygens (including phenoxy) is 1. The van der Waals surface area contributed by atoms with Crippen molar-refractivity contribution in [3.8, 4) is 11.5 Å². The third-order valence-corrected chi connectivity index (χ3v) is 4.24. The SMILES string of the molecule is CC(OC(=O)c1cc(Cl)cc(Cl)c1N)c1nnc(-c2ccc([N+](=O)[O-])cc2)o1. The average Bonchev–Trinajstić information content (AvgIpc) is 3.15. The number of aromatic nitrogens is 2. The van der Waals surface area contributed by atoms with Crippen LogP contribution in [0.25, 0.3) is 11.5 Å². The van der Waals surface area contributed by atoms with Crippen LogP contribution in [0.3, 0.4) is 0 Å². The van der Waals surface area contributed by atoms with Gasteiger partial charge < -0.3 is 14.9 Å². The highest BCUT2D eigenvalue weighted by Gasteiger charge is 2.22. The highest BCUT2D eigenvalue weighted by atomic mass is 35.5. The topological polar surface area (TPSA) is 134 Å². The molecule has 0 saturated heterocycles. The highest BCUT2D eigenvalue weighted by molar-refractivity contribution is 6.37. The van der Waals surface area contributed by atoms with E-state index in [4.69, 9.17) is 38.1 Å². The number of nitrogens with zero attached hydrogens (tertiary/aromatic N) is 3. The fourth-order valence-electron chi connectivity index (χ4n) is 2.27. The second kappa shape index (κ2) is 7.83. The molecule has 0 bridgehead atoms. The van der Waals surface area contributed by atoms with Crippen LogP contribution in [0.15, 0.2) is 40.8 Å². The Morgan fingerprint density at radius 2 is 1.93 bits per heavy atom. The van der Waals surface area contributed by atoms with Gasteiger partial charge in [-0.3, -0.25) is 10.1 Å². The number of halogens is 2. The summed E-state index contributed by atoms with van der Waals surface area (Å²) in [6.07, 6.45) is -0.885. The van der Waals surface area contributed by atoms with Gasteiger partial charge in [-0.2, -0.15) is 0 Å². The summed E-state index contributed by atoms with van der Waals surface area (Å²) in [6, 6.07) is 8.32. The van der Waals surface area contributed by atoms with E-state index >= 15 is 0 Å². The van der Waals surface area contributed by atoms with Crippen molar-refractivity contribution in [3.63, 3.8) is 0 Å². The summed E-state index contributed by atoms with van der Waals surface area (Å²) < 4.78 is 10.8. The molecule has 0 aliphatic carbocycles. The lowest BCUT2D eigenvalue weighted by Gasteiger charge is -2.12. The normalized spacial score (nSPS) is 11.8. The average molecular weight is 423 g/mol. The van der Waals surface area contributed by atoms with Gasteiger partial charge in [0.15, 0.2) is 6.10 Å². The van der Waals surface area contributed by atoms with E-state index in [0.717, 1.165) is 0 Å². The van der Waals surface area contributed by atoms with Crippen molar-refractivity contribution in [1.29, 1.82) is 0 Å². The van der Waals surface area contributed by atoms with Gasteiger partial charge in [0.25, 0.3) is 11.6 Å². The number of nitrogens with two attached hydrogens (primary N) is 1. The molecule has 2 N–H and O–H groups in total. The molecule has 1 atom stereocenters.